The molecule has 0 aromatic heterocycles. The number of hydrogen-bond acceptors (Lipinski definition) is 9. The second kappa shape index (κ2) is 23.4. The summed E-state index contributed by atoms with van der Waals surface area (Å²) in [7, 11) is -3.56. The summed E-state index contributed by atoms with van der Waals surface area (Å²) in [5, 5.41) is 0.466. The van der Waals surface area contributed by atoms with Crippen molar-refractivity contribution in [1.29, 1.82) is 0 Å². The SMILES string of the molecule is CCCCCCCCCCc1ccc(OCC2COCCOCCOCCOCCO2)c(P(=O)(OCC)OCC)c1. The summed E-state index contributed by atoms with van der Waals surface area (Å²) in [5.41, 5.74) is 1.10. The van der Waals surface area contributed by atoms with Crippen molar-refractivity contribution in [3.63, 3.8) is 0 Å². The Morgan fingerprint density at radius 3 is 1.90 bits per heavy atom. The van der Waals surface area contributed by atoms with E-state index in [0.29, 0.717) is 70.5 Å². The van der Waals surface area contributed by atoms with E-state index in [9.17, 15) is 4.57 Å². The van der Waals surface area contributed by atoms with E-state index in [4.69, 9.17) is 37.5 Å². The van der Waals surface area contributed by atoms with E-state index in [2.05, 4.69) is 6.92 Å². The lowest BCUT2D eigenvalue weighted by molar-refractivity contribution is -0.0605. The maximum absolute atomic E-state index is 13.9. The lowest BCUT2D eigenvalue weighted by Gasteiger charge is -2.23. The van der Waals surface area contributed by atoms with Crippen LogP contribution in [0.15, 0.2) is 18.2 Å². The third kappa shape index (κ3) is 15.8. The zero-order valence-electron chi connectivity index (χ0n) is 25.8. The minimum Gasteiger partial charge on any atom is -0.490 e. The predicted octanol–water partition coefficient (Wildman–Crippen LogP) is 6.11. The highest BCUT2D eigenvalue weighted by Crippen LogP contribution is 2.49. The Bertz CT molecular complexity index is 797. The molecule has 0 aliphatic carbocycles. The molecule has 2 rings (SSSR count). The van der Waals surface area contributed by atoms with Gasteiger partial charge in [0, 0.05) is 0 Å². The van der Waals surface area contributed by atoms with Crippen molar-refractivity contribution in [1.82, 2.24) is 0 Å². The minimum absolute atomic E-state index is 0.215. The maximum Gasteiger partial charge on any atom is 0.365 e. The Kier molecular flexibility index (Phi) is 20.7. The maximum atomic E-state index is 13.9. The van der Waals surface area contributed by atoms with Crippen LogP contribution in [0.4, 0.5) is 0 Å². The van der Waals surface area contributed by atoms with Crippen LogP contribution >= 0.6 is 7.60 Å². The van der Waals surface area contributed by atoms with E-state index in [1.807, 2.05) is 32.0 Å². The molecule has 1 aromatic carbocycles. The zero-order valence-corrected chi connectivity index (χ0v) is 26.7. The van der Waals surface area contributed by atoms with Crippen LogP contribution in [0.2, 0.25) is 0 Å². The molecule has 10 heteroatoms. The number of aryl methyl sites for hydroxylation is 1. The Morgan fingerprint density at radius 2 is 1.29 bits per heavy atom. The molecule has 0 spiro atoms. The largest absolute Gasteiger partial charge is 0.490 e. The molecule has 1 unspecified atom stereocenters. The third-order valence-corrected chi connectivity index (χ3v) is 8.80. The Labute approximate surface area is 248 Å². The summed E-state index contributed by atoms with van der Waals surface area (Å²) >= 11 is 0. The molecule has 41 heavy (non-hydrogen) atoms. The summed E-state index contributed by atoms with van der Waals surface area (Å²) in [6.45, 7) is 10.8. The van der Waals surface area contributed by atoms with E-state index in [-0.39, 0.29) is 25.9 Å². The number of ether oxygens (including phenoxy) is 6. The van der Waals surface area contributed by atoms with Crippen LogP contribution in [-0.4, -0.2) is 85.4 Å². The van der Waals surface area contributed by atoms with E-state index in [1.54, 1.807) is 0 Å². The lowest BCUT2D eigenvalue weighted by Crippen LogP contribution is -2.30. The second-order valence-electron chi connectivity index (χ2n) is 10.1. The number of rotatable bonds is 17. The Balaban J connectivity index is 2.04. The summed E-state index contributed by atoms with van der Waals surface area (Å²) < 4.78 is 59.9. The van der Waals surface area contributed by atoms with Gasteiger partial charge >= 0.3 is 7.60 Å². The summed E-state index contributed by atoms with van der Waals surface area (Å²) in [5.74, 6) is 0.478. The van der Waals surface area contributed by atoms with Gasteiger partial charge in [-0.3, -0.25) is 4.57 Å². The minimum atomic E-state index is -3.56. The van der Waals surface area contributed by atoms with Crippen LogP contribution in [-0.2, 0) is 43.7 Å². The normalized spacial score (nSPS) is 18.5. The van der Waals surface area contributed by atoms with Gasteiger partial charge in [0.15, 0.2) is 0 Å². The average molecular weight is 603 g/mol. The van der Waals surface area contributed by atoms with Crippen molar-refractivity contribution >= 4 is 12.9 Å². The average Bonchev–Trinajstić information content (AvgIpc) is 2.98. The van der Waals surface area contributed by atoms with Gasteiger partial charge in [0.25, 0.3) is 0 Å². The van der Waals surface area contributed by atoms with Gasteiger partial charge in [-0.05, 0) is 44.4 Å². The molecule has 1 saturated heterocycles. The van der Waals surface area contributed by atoms with Crippen LogP contribution in [0.1, 0.15) is 77.7 Å². The van der Waals surface area contributed by atoms with Crippen LogP contribution in [0.25, 0.3) is 0 Å². The van der Waals surface area contributed by atoms with Crippen molar-refractivity contribution < 1.29 is 42.0 Å². The van der Waals surface area contributed by atoms with E-state index >= 15 is 0 Å². The van der Waals surface area contributed by atoms with Crippen molar-refractivity contribution in [2.24, 2.45) is 0 Å². The molecule has 0 saturated carbocycles. The third-order valence-electron chi connectivity index (χ3n) is 6.66. The first kappa shape index (κ1) is 36.2. The first-order valence-corrected chi connectivity index (χ1v) is 17.2. The highest BCUT2D eigenvalue weighted by molar-refractivity contribution is 7.62. The van der Waals surface area contributed by atoms with Crippen molar-refractivity contribution in [2.75, 3.05) is 79.3 Å². The number of hydrogen-bond donors (Lipinski definition) is 0. The molecule has 1 aromatic rings. The number of unbranched alkanes of at least 4 members (excludes halogenated alkanes) is 7. The molecule has 0 N–H and O–H groups in total. The van der Waals surface area contributed by atoms with Gasteiger partial charge in [-0.2, -0.15) is 0 Å². The Morgan fingerprint density at radius 1 is 0.732 bits per heavy atom. The van der Waals surface area contributed by atoms with Gasteiger partial charge in [0.1, 0.15) is 23.8 Å². The van der Waals surface area contributed by atoms with E-state index < -0.39 is 7.60 Å². The van der Waals surface area contributed by atoms with Crippen LogP contribution in [0, 0.1) is 0 Å². The fourth-order valence-electron chi connectivity index (χ4n) is 4.51. The molecule has 1 heterocycles. The molecular formula is C31H55O9P. The van der Waals surface area contributed by atoms with Gasteiger partial charge < -0.3 is 37.5 Å². The summed E-state index contributed by atoms with van der Waals surface area (Å²) in [6, 6.07) is 5.86. The van der Waals surface area contributed by atoms with Crippen molar-refractivity contribution in [3.05, 3.63) is 23.8 Å². The molecule has 1 aliphatic rings. The van der Waals surface area contributed by atoms with E-state index in [0.717, 1.165) is 18.4 Å². The van der Waals surface area contributed by atoms with E-state index in [1.165, 1.54) is 44.9 Å². The van der Waals surface area contributed by atoms with Crippen molar-refractivity contribution in [3.8, 4) is 5.75 Å². The zero-order chi connectivity index (χ0) is 29.4. The van der Waals surface area contributed by atoms with Crippen molar-refractivity contribution in [2.45, 2.75) is 84.7 Å². The molecule has 0 amide bonds. The molecule has 1 fully saturated rings. The van der Waals surface area contributed by atoms with Crippen LogP contribution in [0.3, 0.4) is 0 Å². The highest BCUT2D eigenvalue weighted by atomic mass is 31.2. The highest BCUT2D eigenvalue weighted by Gasteiger charge is 2.31. The van der Waals surface area contributed by atoms with Crippen LogP contribution < -0.4 is 10.0 Å². The topological polar surface area (TPSA) is 90.9 Å². The molecule has 0 radical (unpaired) electrons. The smallest absolute Gasteiger partial charge is 0.365 e. The molecule has 238 valence electrons. The second-order valence-corrected chi connectivity index (χ2v) is 12.1. The quantitative estimate of drug-likeness (QED) is 0.155. The molecule has 0 bridgehead atoms. The van der Waals surface area contributed by atoms with Gasteiger partial charge in [-0.15, -0.1) is 0 Å². The first-order valence-electron chi connectivity index (χ1n) is 15.7. The molecular weight excluding hydrogens is 547 g/mol. The molecule has 9 nitrogen and oxygen atoms in total. The first-order chi connectivity index (χ1) is 20.1. The monoisotopic (exact) mass is 602 g/mol. The van der Waals surface area contributed by atoms with Gasteiger partial charge in [-0.25, -0.2) is 0 Å². The number of benzene rings is 1. The fraction of sp³-hybridized carbons (Fsp3) is 0.806. The molecule has 1 atom stereocenters. The summed E-state index contributed by atoms with van der Waals surface area (Å²) in [4.78, 5) is 0. The molecule has 1 aliphatic heterocycles. The van der Waals surface area contributed by atoms with Gasteiger partial charge in [0.05, 0.1) is 72.7 Å². The summed E-state index contributed by atoms with van der Waals surface area (Å²) in [6.07, 6.45) is 10.7. The lowest BCUT2D eigenvalue weighted by atomic mass is 10.0. The fourth-order valence-corrected chi connectivity index (χ4v) is 6.27. The van der Waals surface area contributed by atoms with Crippen LogP contribution in [0.5, 0.6) is 5.75 Å². The van der Waals surface area contributed by atoms with Gasteiger partial charge in [-0.1, -0.05) is 57.9 Å². The standard InChI is InChI=1S/C31H55O9P/c1-4-7-8-9-10-11-12-13-14-28-15-16-30(31(25-28)41(32,39-5-2)40-6-3)38-27-29-26-36-22-21-34-18-17-33-19-20-35-23-24-37-29/h15-16,25,29H,4-14,17-24,26-27H2,1-3H3. The Hall–Kier alpha value is -1.03. The van der Waals surface area contributed by atoms with Gasteiger partial charge in [0.2, 0.25) is 0 Å². The predicted molar refractivity (Wildman–Crippen MR) is 162 cm³/mol.